The van der Waals surface area contributed by atoms with Gasteiger partial charge in [0.2, 0.25) is 10.0 Å². The minimum absolute atomic E-state index is 0.145. The number of anilines is 1. The molecule has 2 N–H and O–H groups in total. The van der Waals surface area contributed by atoms with Gasteiger partial charge in [-0.15, -0.1) is 11.3 Å². The minimum atomic E-state index is -3.67. The van der Waals surface area contributed by atoms with Crippen molar-refractivity contribution in [1.29, 1.82) is 0 Å². The van der Waals surface area contributed by atoms with E-state index in [0.29, 0.717) is 0 Å². The molecule has 152 valence electrons. The Morgan fingerprint density at radius 3 is 2.50 bits per heavy atom. The first kappa shape index (κ1) is 22.9. The van der Waals surface area contributed by atoms with Gasteiger partial charge in [-0.2, -0.15) is 0 Å². The first-order chi connectivity index (χ1) is 13.1. The van der Waals surface area contributed by atoms with Crippen LogP contribution in [0, 0.1) is 0 Å². The van der Waals surface area contributed by atoms with E-state index in [1.165, 1.54) is 25.1 Å². The van der Waals surface area contributed by atoms with Crippen molar-refractivity contribution in [1.82, 2.24) is 4.72 Å². The quantitative estimate of drug-likeness (QED) is 0.435. The molecule has 2 aromatic rings. The highest BCUT2D eigenvalue weighted by molar-refractivity contribution is 7.91. The lowest BCUT2D eigenvalue weighted by atomic mass is 10.3. The van der Waals surface area contributed by atoms with Gasteiger partial charge in [0.15, 0.2) is 6.10 Å². The SMILES string of the molecule is CC(OC(=O)CCNS(=O)(=O)c1cccs1)C(=O)Nc1cc(Cl)c(Cl)cc1Cl. The second-order valence-corrected chi connectivity index (χ2v) is 9.61. The Balaban J connectivity index is 1.83. The molecule has 0 fully saturated rings. The second-order valence-electron chi connectivity index (χ2n) is 5.45. The Labute approximate surface area is 181 Å². The molecule has 28 heavy (non-hydrogen) atoms. The molecule has 1 aromatic carbocycles. The zero-order chi connectivity index (χ0) is 20.9. The average Bonchev–Trinajstić information content (AvgIpc) is 3.15. The second kappa shape index (κ2) is 9.91. The molecule has 1 heterocycles. The van der Waals surface area contributed by atoms with Crippen molar-refractivity contribution >= 4 is 73.7 Å². The molecule has 1 unspecified atom stereocenters. The van der Waals surface area contributed by atoms with Crippen LogP contribution in [-0.4, -0.2) is 32.9 Å². The Morgan fingerprint density at radius 2 is 1.86 bits per heavy atom. The molecule has 0 bridgehead atoms. The number of nitrogens with one attached hydrogen (secondary N) is 2. The monoisotopic (exact) mass is 484 g/mol. The summed E-state index contributed by atoms with van der Waals surface area (Å²) in [6.07, 6.45) is -1.37. The third-order valence-corrected chi connectivity index (χ3v) is 7.22. The molecule has 2 rings (SSSR count). The lowest BCUT2D eigenvalue weighted by Crippen LogP contribution is -2.32. The number of halogens is 3. The Bertz CT molecular complexity index is 965. The van der Waals surface area contributed by atoms with E-state index in [2.05, 4.69) is 10.0 Å². The number of carbonyl (C=O) groups is 2. The van der Waals surface area contributed by atoms with Gasteiger partial charge in [0.05, 0.1) is 27.2 Å². The number of esters is 1. The summed E-state index contributed by atoms with van der Waals surface area (Å²) >= 11 is 18.7. The van der Waals surface area contributed by atoms with E-state index in [1.54, 1.807) is 11.4 Å². The molecule has 12 heteroatoms. The van der Waals surface area contributed by atoms with Crippen molar-refractivity contribution in [3.8, 4) is 0 Å². The number of sulfonamides is 1. The molecular formula is C16H15Cl3N2O5S2. The lowest BCUT2D eigenvalue weighted by Gasteiger charge is -2.15. The van der Waals surface area contributed by atoms with Gasteiger partial charge in [0, 0.05) is 6.54 Å². The highest BCUT2D eigenvalue weighted by atomic mass is 35.5. The van der Waals surface area contributed by atoms with Gasteiger partial charge in [-0.1, -0.05) is 40.9 Å². The number of thiophene rings is 1. The van der Waals surface area contributed by atoms with E-state index < -0.39 is 28.0 Å². The van der Waals surface area contributed by atoms with Crippen LogP contribution >= 0.6 is 46.1 Å². The molecule has 7 nitrogen and oxygen atoms in total. The largest absolute Gasteiger partial charge is 0.452 e. The highest BCUT2D eigenvalue weighted by Crippen LogP contribution is 2.32. The van der Waals surface area contributed by atoms with Crippen LogP contribution in [0.1, 0.15) is 13.3 Å². The van der Waals surface area contributed by atoms with Crippen molar-refractivity contribution in [3.63, 3.8) is 0 Å². The molecule has 0 saturated carbocycles. The van der Waals surface area contributed by atoms with Gasteiger partial charge in [0.1, 0.15) is 4.21 Å². The van der Waals surface area contributed by atoms with Crippen LogP contribution in [0.5, 0.6) is 0 Å². The normalized spacial score (nSPS) is 12.4. The summed E-state index contributed by atoms with van der Waals surface area (Å²) in [4.78, 5) is 24.0. The number of amides is 1. The third-order valence-electron chi connectivity index (χ3n) is 3.33. The number of hydrogen-bond donors (Lipinski definition) is 2. The van der Waals surface area contributed by atoms with E-state index in [4.69, 9.17) is 39.5 Å². The maximum Gasteiger partial charge on any atom is 0.307 e. The summed E-state index contributed by atoms with van der Waals surface area (Å²) in [7, 11) is -3.67. The Kier molecular flexibility index (Phi) is 8.11. The van der Waals surface area contributed by atoms with Crippen LogP contribution in [0.2, 0.25) is 15.1 Å². The standard InChI is InChI=1S/C16H15Cl3N2O5S2/c1-9(16(23)21-13-8-11(18)10(17)7-12(13)19)26-14(22)4-5-20-28(24,25)15-3-2-6-27-15/h2-3,6-9,20H,4-5H2,1H3,(H,21,23). The zero-order valence-corrected chi connectivity index (χ0v) is 18.3. The van der Waals surface area contributed by atoms with Gasteiger partial charge in [0.25, 0.3) is 5.91 Å². The number of benzene rings is 1. The van der Waals surface area contributed by atoms with Crippen molar-refractivity contribution in [3.05, 3.63) is 44.7 Å². The average molecular weight is 486 g/mol. The van der Waals surface area contributed by atoms with E-state index in [1.807, 2.05) is 0 Å². The molecular weight excluding hydrogens is 471 g/mol. The molecule has 0 spiro atoms. The van der Waals surface area contributed by atoms with Gasteiger partial charge >= 0.3 is 5.97 Å². The molecule has 1 aromatic heterocycles. The van der Waals surface area contributed by atoms with Gasteiger partial charge in [-0.05, 0) is 30.5 Å². The molecule has 0 aliphatic heterocycles. The number of hydrogen-bond acceptors (Lipinski definition) is 6. The summed E-state index contributed by atoms with van der Waals surface area (Å²) in [5, 5.41) is 4.71. The maximum atomic E-state index is 12.2. The first-order valence-electron chi connectivity index (χ1n) is 7.78. The molecule has 1 atom stereocenters. The Hall–Kier alpha value is -1.36. The van der Waals surface area contributed by atoms with E-state index in [0.717, 1.165) is 11.3 Å². The van der Waals surface area contributed by atoms with Crippen molar-refractivity contribution in [2.45, 2.75) is 23.7 Å². The smallest absolute Gasteiger partial charge is 0.307 e. The highest BCUT2D eigenvalue weighted by Gasteiger charge is 2.20. The van der Waals surface area contributed by atoms with Crippen molar-refractivity contribution in [2.24, 2.45) is 0 Å². The number of rotatable bonds is 8. The topological polar surface area (TPSA) is 102 Å². The van der Waals surface area contributed by atoms with Crippen LogP contribution in [0.4, 0.5) is 5.69 Å². The van der Waals surface area contributed by atoms with Gasteiger partial charge < -0.3 is 10.1 Å². The van der Waals surface area contributed by atoms with Crippen LogP contribution in [0.25, 0.3) is 0 Å². The summed E-state index contributed by atoms with van der Waals surface area (Å²) in [6.45, 7) is 1.21. The van der Waals surface area contributed by atoms with Gasteiger partial charge in [-0.25, -0.2) is 13.1 Å². The van der Waals surface area contributed by atoms with Gasteiger partial charge in [-0.3, -0.25) is 9.59 Å². The summed E-state index contributed by atoms with van der Waals surface area (Å²) < 4.78 is 31.3. The molecule has 0 saturated heterocycles. The van der Waals surface area contributed by atoms with E-state index >= 15 is 0 Å². The van der Waals surface area contributed by atoms with Crippen LogP contribution in [-0.2, 0) is 24.3 Å². The van der Waals surface area contributed by atoms with Crippen LogP contribution < -0.4 is 10.0 Å². The predicted molar refractivity (Wildman–Crippen MR) is 110 cm³/mol. The summed E-state index contributed by atoms with van der Waals surface area (Å²) in [5.41, 5.74) is 0.215. The molecule has 0 aliphatic carbocycles. The predicted octanol–water partition coefficient (Wildman–Crippen LogP) is 3.95. The van der Waals surface area contributed by atoms with Crippen LogP contribution in [0.3, 0.4) is 0 Å². The summed E-state index contributed by atoms with van der Waals surface area (Å²) in [6, 6.07) is 5.80. The molecule has 0 aliphatic rings. The fourth-order valence-corrected chi connectivity index (χ4v) is 4.60. The van der Waals surface area contributed by atoms with E-state index in [-0.39, 0.29) is 37.9 Å². The number of ether oxygens (including phenoxy) is 1. The fraction of sp³-hybridized carbons (Fsp3) is 0.250. The lowest BCUT2D eigenvalue weighted by molar-refractivity contribution is -0.152. The molecule has 0 radical (unpaired) electrons. The third kappa shape index (κ3) is 6.33. The van der Waals surface area contributed by atoms with Crippen molar-refractivity contribution in [2.75, 3.05) is 11.9 Å². The first-order valence-corrected chi connectivity index (χ1v) is 11.3. The fourth-order valence-electron chi connectivity index (χ4n) is 1.94. The van der Waals surface area contributed by atoms with Crippen molar-refractivity contribution < 1.29 is 22.7 Å². The number of carbonyl (C=O) groups excluding carboxylic acids is 2. The minimum Gasteiger partial charge on any atom is -0.452 e. The zero-order valence-electron chi connectivity index (χ0n) is 14.4. The molecule has 1 amide bonds. The van der Waals surface area contributed by atoms with E-state index in [9.17, 15) is 18.0 Å². The maximum absolute atomic E-state index is 12.2. The summed E-state index contributed by atoms with van der Waals surface area (Å²) in [5.74, 6) is -1.37. The Morgan fingerprint density at radius 1 is 1.18 bits per heavy atom. The van der Waals surface area contributed by atoms with Crippen LogP contribution in [0.15, 0.2) is 33.9 Å².